The third-order valence-electron chi connectivity index (χ3n) is 5.43. The maximum atomic E-state index is 12.8. The molecule has 0 saturated heterocycles. The van der Waals surface area contributed by atoms with Crippen molar-refractivity contribution in [1.82, 2.24) is 14.8 Å². The summed E-state index contributed by atoms with van der Waals surface area (Å²) in [6.45, 7) is 3.66. The molecule has 0 atom stereocenters. The van der Waals surface area contributed by atoms with Gasteiger partial charge < -0.3 is 14.6 Å². The highest BCUT2D eigenvalue weighted by atomic mass is 32.2. The summed E-state index contributed by atoms with van der Waals surface area (Å²) in [7, 11) is 1.91. The van der Waals surface area contributed by atoms with Gasteiger partial charge in [0.15, 0.2) is 5.16 Å². The normalized spacial score (nSPS) is 13.1. The molecule has 0 radical (unpaired) electrons. The van der Waals surface area contributed by atoms with E-state index in [2.05, 4.69) is 27.6 Å². The lowest BCUT2D eigenvalue weighted by molar-refractivity contribution is -0.113. The number of benzene rings is 1. The zero-order valence-corrected chi connectivity index (χ0v) is 20.7. The van der Waals surface area contributed by atoms with Gasteiger partial charge in [0, 0.05) is 18.3 Å². The Hall–Kier alpha value is -2.65. The van der Waals surface area contributed by atoms with Gasteiger partial charge in [0.2, 0.25) is 5.91 Å². The molecule has 1 amide bonds. The molecule has 0 bridgehead atoms. The third-order valence-corrected chi connectivity index (χ3v) is 7.66. The number of nitrogens with zero attached hydrogens (tertiary/aromatic N) is 3. The number of thiophene rings is 1. The minimum atomic E-state index is -0.355. The number of aromatic nitrogens is 3. The van der Waals surface area contributed by atoms with Gasteiger partial charge in [-0.05, 0) is 50.7 Å². The molecule has 9 heteroatoms. The van der Waals surface area contributed by atoms with E-state index < -0.39 is 0 Å². The van der Waals surface area contributed by atoms with Crippen molar-refractivity contribution in [1.29, 1.82) is 0 Å². The van der Waals surface area contributed by atoms with E-state index >= 15 is 0 Å². The van der Waals surface area contributed by atoms with Gasteiger partial charge in [-0.1, -0.05) is 42.1 Å². The highest BCUT2D eigenvalue weighted by Gasteiger charge is 2.28. The number of anilines is 1. The fourth-order valence-corrected chi connectivity index (χ4v) is 5.86. The van der Waals surface area contributed by atoms with Crippen LogP contribution in [-0.2, 0) is 35.8 Å². The number of amides is 1. The number of nitrogens with one attached hydrogen (secondary N) is 1. The van der Waals surface area contributed by atoms with Gasteiger partial charge in [-0.15, -0.1) is 21.5 Å². The van der Waals surface area contributed by atoms with Crippen molar-refractivity contribution in [2.75, 3.05) is 11.1 Å². The summed E-state index contributed by atoms with van der Waals surface area (Å²) in [4.78, 5) is 26.7. The summed E-state index contributed by atoms with van der Waals surface area (Å²) in [5, 5.41) is 12.8. The number of rotatable bonds is 8. The van der Waals surface area contributed by atoms with Crippen LogP contribution in [0.15, 0.2) is 35.5 Å². The van der Waals surface area contributed by atoms with Crippen LogP contribution in [0.1, 0.15) is 58.9 Å². The van der Waals surface area contributed by atoms with Crippen molar-refractivity contribution >= 4 is 40.0 Å². The van der Waals surface area contributed by atoms with Gasteiger partial charge in [0.25, 0.3) is 0 Å². The number of thioether (sulfide) groups is 1. The number of aryl methyl sites for hydroxylation is 1. The molecule has 0 aliphatic heterocycles. The van der Waals surface area contributed by atoms with Crippen molar-refractivity contribution in [2.24, 2.45) is 7.05 Å². The predicted molar refractivity (Wildman–Crippen MR) is 131 cm³/mol. The summed E-state index contributed by atoms with van der Waals surface area (Å²) in [5.41, 5.74) is 2.73. The average Bonchev–Trinajstić information content (AvgIpc) is 3.32. The predicted octanol–water partition coefficient (Wildman–Crippen LogP) is 4.64. The quantitative estimate of drug-likeness (QED) is 0.370. The minimum absolute atomic E-state index is 0.176. The Labute approximate surface area is 201 Å². The zero-order chi connectivity index (χ0) is 23.4. The Morgan fingerprint density at radius 2 is 1.94 bits per heavy atom. The Morgan fingerprint density at radius 1 is 1.18 bits per heavy atom. The number of carbonyl (C=O) groups is 2. The van der Waals surface area contributed by atoms with Crippen LogP contribution in [0.5, 0.6) is 0 Å². The maximum absolute atomic E-state index is 12.8. The molecule has 0 unspecified atom stereocenters. The standard InChI is InChI=1S/C24H28N4O3S2/c1-15(2)31-23(30)21-17-11-7-8-12-18(17)33-22(21)25-20(29)14-32-24-27-26-19(28(24)3)13-16-9-5-4-6-10-16/h4-6,9-10,15H,7-8,11-14H2,1-3H3,(H,25,29). The molecule has 3 aromatic rings. The lowest BCUT2D eigenvalue weighted by Crippen LogP contribution is -2.19. The minimum Gasteiger partial charge on any atom is -0.459 e. The smallest absolute Gasteiger partial charge is 0.341 e. The SMILES string of the molecule is CC(C)OC(=O)c1c(NC(=O)CSc2nnc(Cc3ccccc3)n2C)sc2c1CCCC2. The fourth-order valence-electron chi connectivity index (χ4n) is 3.84. The molecule has 0 spiro atoms. The van der Waals surface area contributed by atoms with E-state index in [0.717, 1.165) is 42.6 Å². The van der Waals surface area contributed by atoms with Crippen LogP contribution >= 0.6 is 23.1 Å². The summed E-state index contributed by atoms with van der Waals surface area (Å²) in [6.07, 6.45) is 4.41. The van der Waals surface area contributed by atoms with Crippen LogP contribution in [-0.4, -0.2) is 38.5 Å². The second-order valence-electron chi connectivity index (χ2n) is 8.33. The van der Waals surface area contributed by atoms with Crippen molar-refractivity contribution < 1.29 is 14.3 Å². The van der Waals surface area contributed by atoms with E-state index in [0.29, 0.717) is 22.1 Å². The van der Waals surface area contributed by atoms with E-state index in [1.165, 1.54) is 28.0 Å². The van der Waals surface area contributed by atoms with Gasteiger partial charge in [0.05, 0.1) is 17.4 Å². The first kappa shape index (κ1) is 23.5. The Kier molecular flexibility index (Phi) is 7.49. The van der Waals surface area contributed by atoms with Gasteiger partial charge in [-0.25, -0.2) is 4.79 Å². The maximum Gasteiger partial charge on any atom is 0.341 e. The first-order valence-electron chi connectivity index (χ1n) is 11.1. The van der Waals surface area contributed by atoms with Crippen molar-refractivity contribution in [2.45, 2.75) is 57.2 Å². The molecule has 1 N–H and O–H groups in total. The Balaban J connectivity index is 1.42. The third kappa shape index (κ3) is 5.65. The van der Waals surface area contributed by atoms with Crippen LogP contribution in [0.25, 0.3) is 0 Å². The second kappa shape index (κ2) is 10.5. The monoisotopic (exact) mass is 484 g/mol. The van der Waals surface area contributed by atoms with E-state index in [1.54, 1.807) is 0 Å². The molecule has 7 nitrogen and oxygen atoms in total. The van der Waals surface area contributed by atoms with Crippen LogP contribution in [0.3, 0.4) is 0 Å². The summed E-state index contributed by atoms with van der Waals surface area (Å²) < 4.78 is 7.39. The van der Waals surface area contributed by atoms with E-state index in [9.17, 15) is 9.59 Å². The molecule has 1 aromatic carbocycles. The highest BCUT2D eigenvalue weighted by molar-refractivity contribution is 7.99. The summed E-state index contributed by atoms with van der Waals surface area (Å²) in [6, 6.07) is 10.1. The molecule has 2 heterocycles. The molecule has 0 fully saturated rings. The van der Waals surface area contributed by atoms with Crippen LogP contribution in [0, 0.1) is 0 Å². The molecule has 4 rings (SSSR count). The van der Waals surface area contributed by atoms with Gasteiger partial charge in [-0.3, -0.25) is 4.79 Å². The number of fused-ring (bicyclic) bond motifs is 1. The topological polar surface area (TPSA) is 86.1 Å². The Bertz CT molecular complexity index is 1140. The van der Waals surface area contributed by atoms with Crippen LogP contribution < -0.4 is 5.32 Å². The number of esters is 1. The molecule has 33 heavy (non-hydrogen) atoms. The highest BCUT2D eigenvalue weighted by Crippen LogP contribution is 2.39. The molecule has 174 valence electrons. The van der Waals surface area contributed by atoms with Crippen molar-refractivity contribution in [3.63, 3.8) is 0 Å². The Morgan fingerprint density at radius 3 is 2.70 bits per heavy atom. The lowest BCUT2D eigenvalue weighted by atomic mass is 9.95. The van der Waals surface area contributed by atoms with E-state index in [-0.39, 0.29) is 23.7 Å². The largest absolute Gasteiger partial charge is 0.459 e. The first-order valence-corrected chi connectivity index (χ1v) is 12.9. The van der Waals surface area contributed by atoms with E-state index in [1.807, 2.05) is 43.7 Å². The molecular formula is C24H28N4O3S2. The van der Waals surface area contributed by atoms with Gasteiger partial charge in [-0.2, -0.15) is 0 Å². The van der Waals surface area contributed by atoms with Crippen LogP contribution in [0.4, 0.5) is 5.00 Å². The first-order chi connectivity index (χ1) is 15.9. The van der Waals surface area contributed by atoms with Gasteiger partial charge >= 0.3 is 5.97 Å². The van der Waals surface area contributed by atoms with Gasteiger partial charge in [0.1, 0.15) is 10.8 Å². The summed E-state index contributed by atoms with van der Waals surface area (Å²) in [5.74, 6) is 0.489. The molecule has 1 aliphatic rings. The lowest BCUT2D eigenvalue weighted by Gasteiger charge is -2.14. The number of carbonyl (C=O) groups excluding carboxylic acids is 2. The van der Waals surface area contributed by atoms with Crippen molar-refractivity contribution in [3.05, 3.63) is 57.7 Å². The fraction of sp³-hybridized carbons (Fsp3) is 0.417. The average molecular weight is 485 g/mol. The zero-order valence-electron chi connectivity index (χ0n) is 19.1. The number of ether oxygens (including phenoxy) is 1. The van der Waals surface area contributed by atoms with Crippen molar-refractivity contribution in [3.8, 4) is 0 Å². The number of hydrogen-bond acceptors (Lipinski definition) is 7. The molecule has 1 aliphatic carbocycles. The van der Waals surface area contributed by atoms with Crippen LogP contribution in [0.2, 0.25) is 0 Å². The van der Waals surface area contributed by atoms with E-state index in [4.69, 9.17) is 4.74 Å². The summed E-state index contributed by atoms with van der Waals surface area (Å²) >= 11 is 2.83. The second-order valence-corrected chi connectivity index (χ2v) is 10.4. The number of hydrogen-bond donors (Lipinski definition) is 1. The molecule has 0 saturated carbocycles. The molecule has 2 aromatic heterocycles. The molecular weight excluding hydrogens is 456 g/mol.